The Morgan fingerprint density at radius 1 is 1.36 bits per heavy atom. The van der Waals surface area contributed by atoms with Crippen molar-refractivity contribution in [1.82, 2.24) is 4.90 Å². The van der Waals surface area contributed by atoms with Gasteiger partial charge in [0.2, 0.25) is 0 Å². The Morgan fingerprint density at radius 3 is 2.55 bits per heavy atom. The van der Waals surface area contributed by atoms with E-state index in [9.17, 15) is 14.7 Å². The first-order valence-corrected chi connectivity index (χ1v) is 7.22. The molecule has 1 N–H and O–H groups in total. The number of ether oxygens (including phenoxy) is 2. The monoisotopic (exact) mass is 371 g/mol. The van der Waals surface area contributed by atoms with Gasteiger partial charge in [0, 0.05) is 20.2 Å². The van der Waals surface area contributed by atoms with Gasteiger partial charge in [-0.1, -0.05) is 0 Å². The summed E-state index contributed by atoms with van der Waals surface area (Å²) in [5, 5.41) is 9.70. The zero-order valence-electron chi connectivity index (χ0n) is 12.8. The number of aromatic hydroxyl groups is 1. The standard InChI is InChI=1S/C15H18BrNO5/c1-9(15(20)17(2)3)22-13(18)6-5-10-7-11(16)14(19)12(8-10)21-4/h5-9,19H,1-4H3/b6-5+/t9-/m0/s1. The third kappa shape index (κ3) is 4.77. The molecule has 0 bridgehead atoms. The molecule has 1 amide bonds. The minimum absolute atomic E-state index is 0.0209. The van der Waals surface area contributed by atoms with Crippen molar-refractivity contribution in [2.45, 2.75) is 13.0 Å². The molecule has 0 radical (unpaired) electrons. The van der Waals surface area contributed by atoms with Gasteiger partial charge in [0.25, 0.3) is 5.91 Å². The first-order chi connectivity index (χ1) is 10.3. The van der Waals surface area contributed by atoms with Gasteiger partial charge >= 0.3 is 5.97 Å². The number of benzene rings is 1. The van der Waals surface area contributed by atoms with Crippen molar-refractivity contribution in [3.8, 4) is 11.5 Å². The number of carbonyl (C=O) groups excluding carboxylic acids is 2. The van der Waals surface area contributed by atoms with Crippen LogP contribution in [0.2, 0.25) is 0 Å². The average Bonchev–Trinajstić information content (AvgIpc) is 2.47. The molecule has 0 aliphatic rings. The lowest BCUT2D eigenvalue weighted by atomic mass is 10.2. The molecule has 0 aliphatic heterocycles. The summed E-state index contributed by atoms with van der Waals surface area (Å²) >= 11 is 3.19. The molecule has 0 saturated heterocycles. The van der Waals surface area contributed by atoms with Crippen molar-refractivity contribution in [2.75, 3.05) is 21.2 Å². The number of carbonyl (C=O) groups is 2. The van der Waals surface area contributed by atoms with Gasteiger partial charge < -0.3 is 19.5 Å². The molecular formula is C15H18BrNO5. The van der Waals surface area contributed by atoms with Crippen molar-refractivity contribution in [1.29, 1.82) is 0 Å². The van der Waals surface area contributed by atoms with E-state index in [0.717, 1.165) is 0 Å². The van der Waals surface area contributed by atoms with E-state index in [0.29, 0.717) is 10.0 Å². The molecule has 0 spiro atoms. The van der Waals surface area contributed by atoms with E-state index in [-0.39, 0.29) is 17.4 Å². The van der Waals surface area contributed by atoms with E-state index in [1.54, 1.807) is 26.2 Å². The second-order valence-corrected chi connectivity index (χ2v) is 5.55. The van der Waals surface area contributed by atoms with E-state index < -0.39 is 12.1 Å². The zero-order chi connectivity index (χ0) is 16.9. The van der Waals surface area contributed by atoms with Crippen LogP contribution in [0.5, 0.6) is 11.5 Å². The third-order valence-electron chi connectivity index (χ3n) is 2.76. The van der Waals surface area contributed by atoms with Crippen LogP contribution in [0.4, 0.5) is 0 Å². The van der Waals surface area contributed by atoms with Gasteiger partial charge in [-0.05, 0) is 46.6 Å². The van der Waals surface area contributed by atoms with Crippen molar-refractivity contribution in [2.24, 2.45) is 0 Å². The van der Waals surface area contributed by atoms with Crippen molar-refractivity contribution in [3.63, 3.8) is 0 Å². The summed E-state index contributed by atoms with van der Waals surface area (Å²) < 4.78 is 10.5. The second-order valence-electron chi connectivity index (χ2n) is 4.70. The summed E-state index contributed by atoms with van der Waals surface area (Å²) in [6.07, 6.45) is 1.85. The summed E-state index contributed by atoms with van der Waals surface area (Å²) in [4.78, 5) is 24.6. The molecule has 1 aromatic rings. The van der Waals surface area contributed by atoms with Crippen LogP contribution in [-0.2, 0) is 14.3 Å². The van der Waals surface area contributed by atoms with E-state index in [2.05, 4.69) is 15.9 Å². The minimum Gasteiger partial charge on any atom is -0.503 e. The van der Waals surface area contributed by atoms with E-state index >= 15 is 0 Å². The summed E-state index contributed by atoms with van der Waals surface area (Å²) in [5.41, 5.74) is 0.630. The van der Waals surface area contributed by atoms with Crippen LogP contribution in [-0.4, -0.2) is 49.2 Å². The molecule has 0 unspecified atom stereocenters. The van der Waals surface area contributed by atoms with Gasteiger partial charge in [-0.3, -0.25) is 4.79 Å². The van der Waals surface area contributed by atoms with Crippen molar-refractivity contribution in [3.05, 3.63) is 28.2 Å². The number of hydrogen-bond donors (Lipinski definition) is 1. The molecule has 0 aromatic heterocycles. The first kappa shape index (κ1) is 18.0. The quantitative estimate of drug-likeness (QED) is 0.634. The van der Waals surface area contributed by atoms with E-state index in [4.69, 9.17) is 9.47 Å². The fourth-order valence-electron chi connectivity index (χ4n) is 1.64. The molecule has 0 aliphatic carbocycles. The molecule has 6 nitrogen and oxygen atoms in total. The van der Waals surface area contributed by atoms with Crippen LogP contribution in [0.15, 0.2) is 22.7 Å². The molecular weight excluding hydrogens is 354 g/mol. The van der Waals surface area contributed by atoms with Crippen molar-refractivity contribution < 1.29 is 24.2 Å². The summed E-state index contributed by atoms with van der Waals surface area (Å²) in [6, 6.07) is 3.19. The zero-order valence-corrected chi connectivity index (χ0v) is 14.4. The van der Waals surface area contributed by atoms with Crippen LogP contribution < -0.4 is 4.74 Å². The predicted octanol–water partition coefficient (Wildman–Crippen LogP) is 2.20. The van der Waals surface area contributed by atoms with Crippen molar-refractivity contribution >= 4 is 33.9 Å². The lowest BCUT2D eigenvalue weighted by Gasteiger charge is -2.16. The highest BCUT2D eigenvalue weighted by Crippen LogP contribution is 2.35. The number of hydrogen-bond acceptors (Lipinski definition) is 5. The van der Waals surface area contributed by atoms with Gasteiger partial charge in [-0.25, -0.2) is 4.79 Å². The number of phenolic OH excluding ortho intramolecular Hbond substituents is 1. The Kier molecular flexibility index (Phi) is 6.42. The third-order valence-corrected chi connectivity index (χ3v) is 3.37. The second kappa shape index (κ2) is 7.84. The maximum Gasteiger partial charge on any atom is 0.331 e. The summed E-state index contributed by atoms with van der Waals surface area (Å²) in [5.74, 6) is -0.673. The SMILES string of the molecule is COc1cc(/C=C/C(=O)O[C@@H](C)C(=O)N(C)C)cc(Br)c1O. The van der Waals surface area contributed by atoms with E-state index in [1.165, 1.54) is 31.1 Å². The van der Waals surface area contributed by atoms with Crippen LogP contribution in [0.1, 0.15) is 12.5 Å². The number of amides is 1. The Balaban J connectivity index is 2.78. The molecule has 0 fully saturated rings. The molecule has 1 rings (SSSR count). The number of nitrogens with zero attached hydrogens (tertiary/aromatic N) is 1. The van der Waals surface area contributed by atoms with Gasteiger partial charge in [0.15, 0.2) is 17.6 Å². The summed E-state index contributed by atoms with van der Waals surface area (Å²) in [7, 11) is 4.60. The lowest BCUT2D eigenvalue weighted by molar-refractivity contribution is -0.153. The first-order valence-electron chi connectivity index (χ1n) is 6.42. The highest BCUT2D eigenvalue weighted by Gasteiger charge is 2.18. The minimum atomic E-state index is -0.853. The largest absolute Gasteiger partial charge is 0.503 e. The normalized spacial score (nSPS) is 12.0. The summed E-state index contributed by atoms with van der Waals surface area (Å²) in [6.45, 7) is 1.51. The number of methoxy groups -OCH3 is 1. The Labute approximate surface area is 137 Å². The van der Waals surface area contributed by atoms with E-state index in [1.807, 2.05) is 0 Å². The highest BCUT2D eigenvalue weighted by molar-refractivity contribution is 9.10. The molecule has 0 saturated carbocycles. The van der Waals surface area contributed by atoms with Gasteiger partial charge in [-0.2, -0.15) is 0 Å². The highest BCUT2D eigenvalue weighted by atomic mass is 79.9. The number of esters is 1. The molecule has 120 valence electrons. The number of phenols is 1. The fourth-order valence-corrected chi connectivity index (χ4v) is 2.10. The Morgan fingerprint density at radius 2 is 2.00 bits per heavy atom. The molecule has 7 heteroatoms. The van der Waals surface area contributed by atoms with Crippen LogP contribution in [0.25, 0.3) is 6.08 Å². The lowest BCUT2D eigenvalue weighted by Crippen LogP contribution is -2.34. The average molecular weight is 372 g/mol. The number of rotatable bonds is 5. The Hall–Kier alpha value is -2.02. The topological polar surface area (TPSA) is 76.1 Å². The van der Waals surface area contributed by atoms with Gasteiger partial charge in [0.1, 0.15) is 0 Å². The number of halogens is 1. The smallest absolute Gasteiger partial charge is 0.331 e. The molecule has 1 aromatic carbocycles. The maximum absolute atomic E-state index is 11.7. The van der Waals surface area contributed by atoms with Crippen LogP contribution in [0, 0.1) is 0 Å². The molecule has 0 heterocycles. The van der Waals surface area contributed by atoms with Gasteiger partial charge in [0.05, 0.1) is 11.6 Å². The molecule has 22 heavy (non-hydrogen) atoms. The van der Waals surface area contributed by atoms with Crippen LogP contribution in [0.3, 0.4) is 0 Å². The molecule has 1 atom stereocenters. The predicted molar refractivity (Wildman–Crippen MR) is 85.6 cm³/mol. The van der Waals surface area contributed by atoms with Gasteiger partial charge in [-0.15, -0.1) is 0 Å². The fraction of sp³-hybridized carbons (Fsp3) is 0.333. The maximum atomic E-state index is 11.7. The number of likely N-dealkylation sites (N-methyl/N-ethyl adjacent to an activating group) is 1. The van der Waals surface area contributed by atoms with Crippen LogP contribution >= 0.6 is 15.9 Å². The Bertz CT molecular complexity index is 598.